The highest BCUT2D eigenvalue weighted by atomic mass is 16.5. The van der Waals surface area contributed by atoms with Gasteiger partial charge in [-0.1, -0.05) is 0 Å². The minimum Gasteiger partial charge on any atom is -0.389 e. The third-order valence-electron chi connectivity index (χ3n) is 4.03. The molecule has 6 nitrogen and oxygen atoms in total. The van der Waals surface area contributed by atoms with E-state index in [9.17, 15) is 9.90 Å². The number of aliphatic hydroxyl groups is 1. The van der Waals surface area contributed by atoms with Crippen LogP contribution in [-0.2, 0) is 16.1 Å². The van der Waals surface area contributed by atoms with Crippen molar-refractivity contribution in [1.82, 2.24) is 15.6 Å². The van der Waals surface area contributed by atoms with Crippen molar-refractivity contribution in [1.29, 1.82) is 0 Å². The highest BCUT2D eigenvalue weighted by Crippen LogP contribution is 2.28. The van der Waals surface area contributed by atoms with Gasteiger partial charge in [-0.15, -0.1) is 0 Å². The first-order valence-electron chi connectivity index (χ1n) is 7.43. The zero-order valence-electron chi connectivity index (χ0n) is 11.9. The zero-order valence-corrected chi connectivity index (χ0v) is 11.9. The van der Waals surface area contributed by atoms with E-state index in [1.54, 1.807) is 12.4 Å². The Morgan fingerprint density at radius 3 is 2.86 bits per heavy atom. The van der Waals surface area contributed by atoms with Crippen molar-refractivity contribution < 1.29 is 14.6 Å². The molecule has 2 aliphatic rings. The molecule has 2 heterocycles. The molecule has 1 aliphatic carbocycles. The van der Waals surface area contributed by atoms with Gasteiger partial charge >= 0.3 is 0 Å². The van der Waals surface area contributed by atoms with Gasteiger partial charge in [0.15, 0.2) is 0 Å². The Morgan fingerprint density at radius 1 is 1.38 bits per heavy atom. The first kappa shape index (κ1) is 14.4. The number of carbonyl (C=O) groups excluding carboxylic acids is 1. The third-order valence-corrected chi connectivity index (χ3v) is 4.03. The summed E-state index contributed by atoms with van der Waals surface area (Å²) in [6, 6.07) is 3.76. The van der Waals surface area contributed by atoms with E-state index in [2.05, 4.69) is 15.6 Å². The summed E-state index contributed by atoms with van der Waals surface area (Å²) in [5.41, 5.74) is 1.11. The Hall–Kier alpha value is -1.50. The van der Waals surface area contributed by atoms with E-state index >= 15 is 0 Å². The summed E-state index contributed by atoms with van der Waals surface area (Å²) >= 11 is 0. The maximum Gasteiger partial charge on any atom is 0.223 e. The molecule has 0 aromatic carbocycles. The second-order valence-electron chi connectivity index (χ2n) is 5.72. The maximum absolute atomic E-state index is 11.6. The van der Waals surface area contributed by atoms with Crippen molar-refractivity contribution in [3.8, 4) is 0 Å². The number of rotatable bonds is 6. The highest BCUT2D eigenvalue weighted by molar-refractivity contribution is 5.80. The summed E-state index contributed by atoms with van der Waals surface area (Å²) in [5.74, 6) is 0.267. The molecule has 1 saturated heterocycles. The lowest BCUT2D eigenvalue weighted by Crippen LogP contribution is -2.44. The summed E-state index contributed by atoms with van der Waals surface area (Å²) in [7, 11) is 0. The first-order valence-corrected chi connectivity index (χ1v) is 7.43. The van der Waals surface area contributed by atoms with Crippen LogP contribution in [-0.4, -0.2) is 47.4 Å². The van der Waals surface area contributed by atoms with Crippen LogP contribution in [0.3, 0.4) is 0 Å². The molecule has 2 fully saturated rings. The van der Waals surface area contributed by atoms with Crippen molar-refractivity contribution in [2.24, 2.45) is 5.92 Å². The minimum absolute atomic E-state index is 0.0824. The fourth-order valence-corrected chi connectivity index (χ4v) is 2.48. The van der Waals surface area contributed by atoms with Crippen LogP contribution < -0.4 is 10.6 Å². The predicted octanol–water partition coefficient (Wildman–Crippen LogP) is -0.174. The van der Waals surface area contributed by atoms with E-state index in [0.29, 0.717) is 19.7 Å². The number of nitrogens with one attached hydrogen (secondary N) is 2. The Morgan fingerprint density at radius 2 is 2.14 bits per heavy atom. The number of ether oxygens (including phenoxy) is 1. The van der Waals surface area contributed by atoms with E-state index < -0.39 is 6.10 Å². The fourth-order valence-electron chi connectivity index (χ4n) is 2.48. The summed E-state index contributed by atoms with van der Waals surface area (Å²) in [6.45, 7) is 1.49. The topological polar surface area (TPSA) is 83.5 Å². The monoisotopic (exact) mass is 291 g/mol. The van der Waals surface area contributed by atoms with Crippen LogP contribution in [0.25, 0.3) is 0 Å². The smallest absolute Gasteiger partial charge is 0.223 e. The van der Waals surface area contributed by atoms with Crippen LogP contribution >= 0.6 is 0 Å². The van der Waals surface area contributed by atoms with Crippen LogP contribution in [0.2, 0.25) is 0 Å². The van der Waals surface area contributed by atoms with Crippen LogP contribution in [0, 0.1) is 5.92 Å². The highest BCUT2D eigenvalue weighted by Gasteiger charge is 2.37. The molecule has 1 aliphatic heterocycles. The lowest BCUT2D eigenvalue weighted by atomic mass is 10.1. The van der Waals surface area contributed by atoms with Gasteiger partial charge in [0, 0.05) is 31.4 Å². The van der Waals surface area contributed by atoms with Crippen LogP contribution in [0.15, 0.2) is 24.5 Å². The second kappa shape index (κ2) is 6.51. The lowest BCUT2D eigenvalue weighted by molar-refractivity contribution is -0.123. The van der Waals surface area contributed by atoms with Crippen molar-refractivity contribution >= 4 is 5.91 Å². The largest absolute Gasteiger partial charge is 0.389 e. The van der Waals surface area contributed by atoms with Gasteiger partial charge in [-0.2, -0.15) is 0 Å². The van der Waals surface area contributed by atoms with Crippen LogP contribution in [0.1, 0.15) is 18.4 Å². The molecular formula is C15H21N3O3. The number of nitrogens with zero attached hydrogens (tertiary/aromatic N) is 1. The van der Waals surface area contributed by atoms with Gasteiger partial charge in [0.2, 0.25) is 5.91 Å². The number of carbonyl (C=O) groups is 1. The van der Waals surface area contributed by atoms with Crippen LogP contribution in [0.5, 0.6) is 0 Å². The number of hydrogen-bond acceptors (Lipinski definition) is 5. The molecule has 3 N–H and O–H groups in total. The molecule has 21 heavy (non-hydrogen) atoms. The molecule has 6 heteroatoms. The van der Waals surface area contributed by atoms with E-state index in [1.807, 2.05) is 12.1 Å². The Balaban J connectivity index is 1.42. The summed E-state index contributed by atoms with van der Waals surface area (Å²) in [5, 5.41) is 16.4. The van der Waals surface area contributed by atoms with Gasteiger partial charge in [-0.25, -0.2) is 0 Å². The number of aliphatic hydroxyl groups excluding tert-OH is 1. The first-order chi connectivity index (χ1) is 10.2. The molecule has 0 unspecified atom stereocenters. The normalized spacial score (nSPS) is 28.5. The van der Waals surface area contributed by atoms with Gasteiger partial charge in [-0.05, 0) is 30.5 Å². The Labute approximate surface area is 123 Å². The van der Waals surface area contributed by atoms with Crippen molar-refractivity contribution in [2.75, 3.05) is 13.2 Å². The standard InChI is InChI=1S/C15H21N3O3/c19-14-12(17-7-10-3-5-16-6-4-10)9-21-13(14)8-18-15(20)11-1-2-11/h3-6,11-14,17,19H,1-2,7-9H2,(H,18,20)/t12-,13-,14+/m1/s1. The van der Waals surface area contributed by atoms with Crippen molar-refractivity contribution in [3.63, 3.8) is 0 Å². The van der Waals surface area contributed by atoms with E-state index in [-0.39, 0.29) is 24.0 Å². The van der Waals surface area contributed by atoms with Gasteiger partial charge in [0.05, 0.1) is 18.8 Å². The summed E-state index contributed by atoms with van der Waals surface area (Å²) in [4.78, 5) is 15.6. The number of aromatic nitrogens is 1. The molecular weight excluding hydrogens is 270 g/mol. The van der Waals surface area contributed by atoms with E-state index in [1.165, 1.54) is 0 Å². The minimum atomic E-state index is -0.605. The molecule has 3 rings (SSSR count). The van der Waals surface area contributed by atoms with Gasteiger partial charge in [-0.3, -0.25) is 9.78 Å². The predicted molar refractivity (Wildman–Crippen MR) is 76.3 cm³/mol. The molecule has 1 aromatic heterocycles. The molecule has 0 bridgehead atoms. The molecule has 3 atom stereocenters. The van der Waals surface area contributed by atoms with Gasteiger partial charge < -0.3 is 20.5 Å². The molecule has 1 aromatic rings. The van der Waals surface area contributed by atoms with Crippen molar-refractivity contribution in [3.05, 3.63) is 30.1 Å². The molecule has 114 valence electrons. The summed E-state index contributed by atoms with van der Waals surface area (Å²) in [6.07, 6.45) is 4.52. The third kappa shape index (κ3) is 3.78. The fraction of sp³-hybridized carbons (Fsp3) is 0.600. The average Bonchev–Trinajstić information content (AvgIpc) is 3.30. The number of pyridine rings is 1. The Kier molecular flexibility index (Phi) is 4.48. The molecule has 1 saturated carbocycles. The van der Waals surface area contributed by atoms with E-state index in [4.69, 9.17) is 4.74 Å². The van der Waals surface area contributed by atoms with Gasteiger partial charge in [0.1, 0.15) is 6.10 Å². The quantitative estimate of drug-likeness (QED) is 0.677. The zero-order chi connectivity index (χ0) is 14.7. The average molecular weight is 291 g/mol. The molecule has 0 spiro atoms. The molecule has 0 radical (unpaired) electrons. The van der Waals surface area contributed by atoms with Crippen molar-refractivity contribution in [2.45, 2.75) is 37.6 Å². The maximum atomic E-state index is 11.6. The number of amides is 1. The second-order valence-corrected chi connectivity index (χ2v) is 5.72. The number of hydrogen-bond donors (Lipinski definition) is 3. The van der Waals surface area contributed by atoms with E-state index in [0.717, 1.165) is 18.4 Å². The molecule has 1 amide bonds. The SMILES string of the molecule is O=C(NC[C@H]1OC[C@@H](NCc2ccncc2)[C@@H]1O)C1CC1. The summed E-state index contributed by atoms with van der Waals surface area (Å²) < 4.78 is 5.58. The van der Waals surface area contributed by atoms with Gasteiger partial charge in [0.25, 0.3) is 0 Å². The lowest BCUT2D eigenvalue weighted by Gasteiger charge is -2.19. The van der Waals surface area contributed by atoms with Crippen LogP contribution in [0.4, 0.5) is 0 Å². The Bertz CT molecular complexity index is 478.